The van der Waals surface area contributed by atoms with Crippen molar-refractivity contribution < 1.29 is 18.0 Å². The van der Waals surface area contributed by atoms with E-state index < -0.39 is 28.5 Å². The monoisotopic (exact) mass is 575 g/mol. The molecule has 198 valence electrons. The molecule has 0 saturated heterocycles. The number of hydrogen-bond acceptors (Lipinski definition) is 4. The van der Waals surface area contributed by atoms with Crippen molar-refractivity contribution in [2.24, 2.45) is 0 Å². The number of nitrogens with one attached hydrogen (secondary N) is 1. The van der Waals surface area contributed by atoms with Crippen LogP contribution in [0.4, 0.5) is 5.69 Å². The van der Waals surface area contributed by atoms with Crippen LogP contribution in [0.3, 0.4) is 0 Å². The van der Waals surface area contributed by atoms with Gasteiger partial charge in [-0.3, -0.25) is 13.9 Å². The van der Waals surface area contributed by atoms with Gasteiger partial charge in [0.05, 0.1) is 27.0 Å². The lowest BCUT2D eigenvalue weighted by Crippen LogP contribution is -2.53. The van der Waals surface area contributed by atoms with Gasteiger partial charge in [0.1, 0.15) is 12.6 Å². The molecule has 2 aromatic carbocycles. The van der Waals surface area contributed by atoms with Crippen molar-refractivity contribution in [2.45, 2.75) is 45.6 Å². The van der Waals surface area contributed by atoms with Crippen LogP contribution < -0.4 is 9.62 Å². The van der Waals surface area contributed by atoms with Crippen molar-refractivity contribution in [3.63, 3.8) is 0 Å². The van der Waals surface area contributed by atoms with Crippen LogP contribution in [0.1, 0.15) is 38.7 Å². The SMILES string of the molecule is CCCCNC(=O)[C@@H](CC)N(CCc1ccccc1)C(=O)CN(c1cc(Cl)c(Cl)cc1Cl)S(C)(=O)=O. The molecule has 0 aliphatic carbocycles. The molecule has 0 unspecified atom stereocenters. The highest BCUT2D eigenvalue weighted by Crippen LogP contribution is 2.35. The minimum atomic E-state index is -3.94. The normalized spacial score (nSPS) is 12.2. The first-order valence-electron chi connectivity index (χ1n) is 11.7. The predicted molar refractivity (Wildman–Crippen MR) is 148 cm³/mol. The molecule has 0 bridgehead atoms. The van der Waals surface area contributed by atoms with E-state index in [4.69, 9.17) is 34.8 Å². The van der Waals surface area contributed by atoms with Crippen molar-refractivity contribution in [1.29, 1.82) is 0 Å². The molecule has 2 rings (SSSR count). The Morgan fingerprint density at radius 2 is 1.64 bits per heavy atom. The molecule has 0 saturated carbocycles. The quantitative estimate of drug-likeness (QED) is 0.263. The lowest BCUT2D eigenvalue weighted by molar-refractivity contribution is -0.139. The number of carbonyl (C=O) groups is 2. The highest BCUT2D eigenvalue weighted by atomic mass is 35.5. The molecular formula is C25H32Cl3N3O4S. The standard InChI is InChI=1S/C25H32Cl3N3O4S/c1-4-6-13-29-25(33)22(5-2)30(14-12-18-10-8-7-9-11-18)24(32)17-31(36(3,34)35)23-16-20(27)19(26)15-21(23)28/h7-11,15-16,22H,4-6,12-14,17H2,1-3H3,(H,29,33)/t22-/m1/s1. The Balaban J connectivity index is 2.39. The lowest BCUT2D eigenvalue weighted by Gasteiger charge is -2.33. The Morgan fingerprint density at radius 3 is 2.22 bits per heavy atom. The molecule has 2 aromatic rings. The van der Waals surface area contributed by atoms with Crippen LogP contribution in [-0.4, -0.2) is 57.1 Å². The van der Waals surface area contributed by atoms with Crippen LogP contribution in [0.15, 0.2) is 42.5 Å². The summed E-state index contributed by atoms with van der Waals surface area (Å²) in [5.74, 6) is -0.804. The maximum Gasteiger partial charge on any atom is 0.244 e. The average molecular weight is 577 g/mol. The number of hydrogen-bond donors (Lipinski definition) is 1. The van der Waals surface area contributed by atoms with Crippen LogP contribution >= 0.6 is 34.8 Å². The molecule has 0 spiro atoms. The molecule has 1 N–H and O–H groups in total. The van der Waals surface area contributed by atoms with Gasteiger partial charge in [0.15, 0.2) is 0 Å². The van der Waals surface area contributed by atoms with E-state index in [1.54, 1.807) is 0 Å². The van der Waals surface area contributed by atoms with E-state index in [9.17, 15) is 18.0 Å². The Kier molecular flexibility index (Phi) is 11.8. The van der Waals surface area contributed by atoms with E-state index in [1.807, 2.05) is 44.2 Å². The van der Waals surface area contributed by atoms with Gasteiger partial charge in [-0.25, -0.2) is 8.42 Å². The van der Waals surface area contributed by atoms with Gasteiger partial charge in [-0.05, 0) is 37.0 Å². The first kappa shape index (κ1) is 30.2. The lowest BCUT2D eigenvalue weighted by atomic mass is 10.1. The third kappa shape index (κ3) is 8.54. The number of carbonyl (C=O) groups excluding carboxylic acids is 2. The first-order chi connectivity index (χ1) is 17.0. The summed E-state index contributed by atoms with van der Waals surface area (Å²) in [5.41, 5.74) is 1.02. The summed E-state index contributed by atoms with van der Waals surface area (Å²) in [6.07, 6.45) is 3.57. The minimum Gasteiger partial charge on any atom is -0.354 e. The zero-order valence-corrected chi connectivity index (χ0v) is 23.7. The number of unbranched alkanes of at least 4 members (excludes halogenated alkanes) is 1. The summed E-state index contributed by atoms with van der Waals surface area (Å²) in [5, 5.41) is 3.17. The second-order valence-electron chi connectivity index (χ2n) is 8.38. The zero-order chi connectivity index (χ0) is 26.9. The van der Waals surface area contributed by atoms with Gasteiger partial charge in [0.25, 0.3) is 0 Å². The van der Waals surface area contributed by atoms with E-state index in [0.717, 1.165) is 29.0 Å². The van der Waals surface area contributed by atoms with Crippen LogP contribution in [0.5, 0.6) is 0 Å². The van der Waals surface area contributed by atoms with Crippen LogP contribution in [0.2, 0.25) is 15.1 Å². The summed E-state index contributed by atoms with van der Waals surface area (Å²) in [6, 6.07) is 11.4. The smallest absolute Gasteiger partial charge is 0.244 e. The number of benzene rings is 2. The van der Waals surface area contributed by atoms with Gasteiger partial charge in [-0.15, -0.1) is 0 Å². The Labute approximate surface area is 228 Å². The van der Waals surface area contributed by atoms with Crippen LogP contribution in [0.25, 0.3) is 0 Å². The molecule has 2 amide bonds. The van der Waals surface area contributed by atoms with Gasteiger partial charge in [-0.1, -0.05) is 85.4 Å². The number of anilines is 1. The zero-order valence-electron chi connectivity index (χ0n) is 20.6. The van der Waals surface area contributed by atoms with Gasteiger partial charge in [0, 0.05) is 13.1 Å². The number of sulfonamides is 1. The molecule has 36 heavy (non-hydrogen) atoms. The summed E-state index contributed by atoms with van der Waals surface area (Å²) in [6.45, 7) is 4.02. The Morgan fingerprint density at radius 1 is 1.00 bits per heavy atom. The number of nitrogens with zero attached hydrogens (tertiary/aromatic N) is 2. The summed E-state index contributed by atoms with van der Waals surface area (Å²) in [7, 11) is -3.94. The third-order valence-electron chi connectivity index (χ3n) is 5.64. The maximum absolute atomic E-state index is 13.6. The number of halogens is 3. The molecule has 0 radical (unpaired) electrons. The molecule has 0 aliphatic heterocycles. The van der Waals surface area contributed by atoms with E-state index in [1.165, 1.54) is 17.0 Å². The van der Waals surface area contributed by atoms with Gasteiger partial charge in [-0.2, -0.15) is 0 Å². The highest BCUT2D eigenvalue weighted by Gasteiger charge is 2.32. The summed E-state index contributed by atoms with van der Waals surface area (Å²) < 4.78 is 26.3. The maximum atomic E-state index is 13.6. The van der Waals surface area contributed by atoms with Crippen molar-refractivity contribution >= 4 is 62.3 Å². The van der Waals surface area contributed by atoms with Crippen LogP contribution in [-0.2, 0) is 26.0 Å². The molecule has 0 heterocycles. The van der Waals surface area contributed by atoms with Crippen molar-refractivity contribution in [3.05, 3.63) is 63.1 Å². The van der Waals surface area contributed by atoms with E-state index in [-0.39, 0.29) is 33.2 Å². The van der Waals surface area contributed by atoms with Gasteiger partial charge in [0.2, 0.25) is 21.8 Å². The molecular weight excluding hydrogens is 545 g/mol. The van der Waals surface area contributed by atoms with Crippen molar-refractivity contribution in [2.75, 3.05) is 30.2 Å². The van der Waals surface area contributed by atoms with E-state index in [0.29, 0.717) is 19.4 Å². The minimum absolute atomic E-state index is 0.0304. The van der Waals surface area contributed by atoms with E-state index >= 15 is 0 Å². The molecule has 0 aliphatic rings. The second-order valence-corrected chi connectivity index (χ2v) is 11.5. The predicted octanol–water partition coefficient (Wildman–Crippen LogP) is 5.18. The molecule has 7 nitrogen and oxygen atoms in total. The van der Waals surface area contributed by atoms with Gasteiger partial charge >= 0.3 is 0 Å². The molecule has 11 heteroatoms. The Bertz CT molecular complexity index is 1150. The van der Waals surface area contributed by atoms with Crippen molar-refractivity contribution in [1.82, 2.24) is 10.2 Å². The van der Waals surface area contributed by atoms with Crippen LogP contribution in [0, 0.1) is 0 Å². The summed E-state index contributed by atoms with van der Waals surface area (Å²) >= 11 is 18.4. The highest BCUT2D eigenvalue weighted by molar-refractivity contribution is 7.92. The fraction of sp³-hybridized carbons (Fsp3) is 0.440. The Hall–Kier alpha value is -2.00. The number of amides is 2. The second kappa shape index (κ2) is 14.1. The topological polar surface area (TPSA) is 86.8 Å². The molecule has 1 atom stereocenters. The fourth-order valence-corrected chi connectivity index (χ4v) is 5.25. The molecule has 0 aromatic heterocycles. The third-order valence-corrected chi connectivity index (χ3v) is 7.79. The number of rotatable bonds is 13. The van der Waals surface area contributed by atoms with Crippen molar-refractivity contribution in [3.8, 4) is 0 Å². The first-order valence-corrected chi connectivity index (χ1v) is 14.7. The average Bonchev–Trinajstić information content (AvgIpc) is 2.82. The van der Waals surface area contributed by atoms with Gasteiger partial charge < -0.3 is 10.2 Å². The largest absolute Gasteiger partial charge is 0.354 e. The fourth-order valence-electron chi connectivity index (χ4n) is 3.70. The summed E-state index contributed by atoms with van der Waals surface area (Å²) in [4.78, 5) is 28.1. The van der Waals surface area contributed by atoms with E-state index in [2.05, 4.69) is 5.32 Å². The molecule has 0 fully saturated rings.